The normalized spacial score (nSPS) is 11.8. The van der Waals surface area contributed by atoms with Gasteiger partial charge in [-0.3, -0.25) is 4.79 Å². The van der Waals surface area contributed by atoms with Gasteiger partial charge in [0.2, 0.25) is 11.8 Å². The van der Waals surface area contributed by atoms with Gasteiger partial charge in [-0.05, 0) is 55.8 Å². The van der Waals surface area contributed by atoms with Crippen LogP contribution in [-0.2, 0) is 4.79 Å². The minimum absolute atomic E-state index is 0.00264. The number of amides is 1. The van der Waals surface area contributed by atoms with E-state index < -0.39 is 11.9 Å². The largest absolute Gasteiger partial charge is 0.436 e. The SMILES string of the molecule is C=CC(=O)Nc1ccc(-c2c(C(C)O)c3ncnc(N)c3n2-c2ccc(Oc3cccc(C)n3)c(F)c2)cc1. The van der Waals surface area contributed by atoms with E-state index in [9.17, 15) is 9.90 Å². The van der Waals surface area contributed by atoms with E-state index in [0.717, 1.165) is 5.69 Å². The summed E-state index contributed by atoms with van der Waals surface area (Å²) in [5.41, 5.74) is 10.6. The van der Waals surface area contributed by atoms with Crippen LogP contribution in [0.4, 0.5) is 15.9 Å². The minimum atomic E-state index is -0.946. The van der Waals surface area contributed by atoms with Gasteiger partial charge in [0.05, 0.1) is 11.8 Å². The number of fused-ring (bicyclic) bond motifs is 1. The fraction of sp³-hybridized carbons (Fsp3) is 0.103. The number of nitrogens with two attached hydrogens (primary N) is 1. The lowest BCUT2D eigenvalue weighted by atomic mass is 10.0. The molecule has 0 saturated heterocycles. The minimum Gasteiger partial charge on any atom is -0.436 e. The highest BCUT2D eigenvalue weighted by Gasteiger charge is 2.26. The van der Waals surface area contributed by atoms with Crippen molar-refractivity contribution in [1.29, 1.82) is 0 Å². The second kappa shape index (κ2) is 10.3. The predicted molar refractivity (Wildman–Crippen MR) is 147 cm³/mol. The van der Waals surface area contributed by atoms with Crippen LogP contribution < -0.4 is 15.8 Å². The van der Waals surface area contributed by atoms with Crippen molar-refractivity contribution in [3.05, 3.63) is 96.7 Å². The molecule has 1 unspecified atom stereocenters. The Morgan fingerprint density at radius 3 is 2.62 bits per heavy atom. The molecule has 9 nitrogen and oxygen atoms in total. The summed E-state index contributed by atoms with van der Waals surface area (Å²) in [6, 6.07) is 16.7. The second-order valence-electron chi connectivity index (χ2n) is 8.83. The number of nitrogen functional groups attached to an aromatic ring is 1. The first-order chi connectivity index (χ1) is 18.8. The molecule has 0 radical (unpaired) electrons. The van der Waals surface area contributed by atoms with Crippen molar-refractivity contribution >= 4 is 28.4 Å². The molecule has 196 valence electrons. The predicted octanol–water partition coefficient (Wildman–Crippen LogP) is 5.48. The quantitative estimate of drug-likeness (QED) is 0.240. The fourth-order valence-electron chi connectivity index (χ4n) is 4.40. The number of aryl methyl sites for hydroxylation is 1. The zero-order chi connectivity index (χ0) is 27.7. The van der Waals surface area contributed by atoms with Gasteiger partial charge in [-0.25, -0.2) is 19.3 Å². The highest BCUT2D eigenvalue weighted by molar-refractivity contribution is 5.99. The van der Waals surface area contributed by atoms with Crippen LogP contribution >= 0.6 is 0 Å². The van der Waals surface area contributed by atoms with Crippen LogP contribution in [0.1, 0.15) is 24.3 Å². The number of anilines is 2. The van der Waals surface area contributed by atoms with Crippen LogP contribution in [0.15, 0.2) is 79.6 Å². The summed E-state index contributed by atoms with van der Waals surface area (Å²) in [4.78, 5) is 24.5. The van der Waals surface area contributed by atoms with Crippen LogP contribution in [-0.4, -0.2) is 30.5 Å². The lowest BCUT2D eigenvalue weighted by Gasteiger charge is -2.16. The molecule has 1 atom stereocenters. The molecule has 0 fully saturated rings. The average Bonchev–Trinajstić information content (AvgIpc) is 3.27. The summed E-state index contributed by atoms with van der Waals surface area (Å²) in [5, 5.41) is 13.5. The highest BCUT2D eigenvalue weighted by Crippen LogP contribution is 2.41. The number of aliphatic hydroxyl groups is 1. The Morgan fingerprint density at radius 1 is 1.18 bits per heavy atom. The summed E-state index contributed by atoms with van der Waals surface area (Å²) in [6.07, 6.45) is 1.55. The number of nitrogens with one attached hydrogen (secondary N) is 1. The van der Waals surface area contributed by atoms with Crippen LogP contribution in [0, 0.1) is 12.7 Å². The number of aliphatic hydroxyl groups excluding tert-OH is 1. The molecular weight excluding hydrogens is 499 g/mol. The molecule has 3 heterocycles. The summed E-state index contributed by atoms with van der Waals surface area (Å²) < 4.78 is 22.8. The first-order valence-electron chi connectivity index (χ1n) is 12.0. The smallest absolute Gasteiger partial charge is 0.247 e. The molecule has 39 heavy (non-hydrogen) atoms. The van der Waals surface area contributed by atoms with Gasteiger partial charge >= 0.3 is 0 Å². The van der Waals surface area contributed by atoms with E-state index in [1.54, 1.807) is 54.0 Å². The number of carbonyl (C=O) groups excluding carboxylic acids is 1. The second-order valence-corrected chi connectivity index (χ2v) is 8.83. The van der Waals surface area contributed by atoms with Crippen molar-refractivity contribution in [2.24, 2.45) is 0 Å². The third-order valence-electron chi connectivity index (χ3n) is 6.09. The molecule has 10 heteroatoms. The number of rotatable bonds is 7. The Balaban J connectivity index is 1.68. The van der Waals surface area contributed by atoms with Crippen molar-refractivity contribution in [3.63, 3.8) is 0 Å². The number of benzene rings is 2. The number of hydrogen-bond donors (Lipinski definition) is 3. The highest BCUT2D eigenvalue weighted by atomic mass is 19.1. The van der Waals surface area contributed by atoms with Gasteiger partial charge in [0, 0.05) is 34.8 Å². The molecule has 0 aliphatic carbocycles. The maximum atomic E-state index is 15.4. The van der Waals surface area contributed by atoms with Crippen LogP contribution in [0.25, 0.3) is 28.0 Å². The molecule has 5 aromatic rings. The molecule has 1 amide bonds. The van der Waals surface area contributed by atoms with Crippen LogP contribution in [0.3, 0.4) is 0 Å². The van der Waals surface area contributed by atoms with Gasteiger partial charge in [-0.1, -0.05) is 24.8 Å². The molecule has 5 rings (SSSR count). The van der Waals surface area contributed by atoms with Crippen LogP contribution in [0.2, 0.25) is 0 Å². The van der Waals surface area contributed by atoms with Crippen molar-refractivity contribution in [2.75, 3.05) is 11.1 Å². The lowest BCUT2D eigenvalue weighted by Crippen LogP contribution is -2.07. The van der Waals surface area contributed by atoms with Crippen molar-refractivity contribution in [3.8, 4) is 28.6 Å². The summed E-state index contributed by atoms with van der Waals surface area (Å²) in [7, 11) is 0. The van der Waals surface area contributed by atoms with E-state index in [2.05, 4.69) is 26.8 Å². The first-order valence-corrected chi connectivity index (χ1v) is 12.0. The van der Waals surface area contributed by atoms with E-state index in [4.69, 9.17) is 10.5 Å². The summed E-state index contributed by atoms with van der Waals surface area (Å²) in [6.45, 7) is 6.89. The maximum Gasteiger partial charge on any atom is 0.247 e. The van der Waals surface area contributed by atoms with Gasteiger partial charge in [0.25, 0.3) is 0 Å². The molecule has 0 saturated carbocycles. The molecule has 0 spiro atoms. The molecule has 3 aromatic heterocycles. The first kappa shape index (κ1) is 25.6. The van der Waals surface area contributed by atoms with Gasteiger partial charge in [0.15, 0.2) is 17.4 Å². The number of pyridine rings is 1. The number of ether oxygens (including phenoxy) is 1. The third-order valence-corrected chi connectivity index (χ3v) is 6.09. The Morgan fingerprint density at radius 2 is 1.95 bits per heavy atom. The van der Waals surface area contributed by atoms with Crippen LogP contribution in [0.5, 0.6) is 11.6 Å². The van der Waals surface area contributed by atoms with E-state index >= 15 is 4.39 Å². The monoisotopic (exact) mass is 524 g/mol. The van der Waals surface area contributed by atoms with E-state index in [0.29, 0.717) is 39.2 Å². The third kappa shape index (κ3) is 4.92. The van der Waals surface area contributed by atoms with E-state index in [-0.39, 0.29) is 23.4 Å². The number of aromatic nitrogens is 4. The summed E-state index contributed by atoms with van der Waals surface area (Å²) >= 11 is 0. The average molecular weight is 525 g/mol. The molecule has 0 aliphatic rings. The van der Waals surface area contributed by atoms with Crippen molar-refractivity contribution < 1.29 is 19.0 Å². The molecule has 2 aromatic carbocycles. The Kier molecular flexibility index (Phi) is 6.78. The van der Waals surface area contributed by atoms with Gasteiger partial charge < -0.3 is 25.5 Å². The van der Waals surface area contributed by atoms with Gasteiger partial charge in [-0.2, -0.15) is 0 Å². The van der Waals surface area contributed by atoms with Crippen molar-refractivity contribution in [2.45, 2.75) is 20.0 Å². The van der Waals surface area contributed by atoms with Gasteiger partial charge in [0.1, 0.15) is 17.4 Å². The topological polar surface area (TPSA) is 128 Å². The number of halogens is 1. The van der Waals surface area contributed by atoms with Gasteiger partial charge in [-0.15, -0.1) is 0 Å². The Hall–Kier alpha value is -5.09. The standard InChI is InChI=1S/C29H25FN6O3/c1-4-23(38)35-19-10-8-18(9-11-19)27-25(17(3)37)26-28(29(31)33-15-32-26)36(27)20-12-13-22(21(30)14-20)39-24-7-5-6-16(2)34-24/h4-15,17,37H,1H2,2-3H3,(H,35,38)(H2,31,32,33). The zero-order valence-electron chi connectivity index (χ0n) is 21.2. The molecule has 4 N–H and O–H groups in total. The zero-order valence-corrected chi connectivity index (χ0v) is 21.2. The Bertz CT molecular complexity index is 1710. The Labute approximate surface area is 223 Å². The number of hydrogen-bond acceptors (Lipinski definition) is 7. The fourth-order valence-corrected chi connectivity index (χ4v) is 4.40. The van der Waals surface area contributed by atoms with E-state index in [1.807, 2.05) is 13.0 Å². The number of nitrogens with zero attached hydrogens (tertiary/aromatic N) is 4. The molecule has 0 aliphatic heterocycles. The van der Waals surface area contributed by atoms with Crippen molar-refractivity contribution in [1.82, 2.24) is 19.5 Å². The lowest BCUT2D eigenvalue weighted by molar-refractivity contribution is -0.111. The maximum absolute atomic E-state index is 15.4. The number of carbonyl (C=O) groups is 1. The summed E-state index contributed by atoms with van der Waals surface area (Å²) in [5.74, 6) is -0.542. The molecule has 0 bridgehead atoms. The molecular formula is C29H25FN6O3. The van der Waals surface area contributed by atoms with E-state index in [1.165, 1.54) is 24.5 Å².